The summed E-state index contributed by atoms with van der Waals surface area (Å²) < 4.78 is 11.2. The molecule has 1 aliphatic rings. The van der Waals surface area contributed by atoms with Gasteiger partial charge in [0.05, 0.1) is 9.52 Å². The van der Waals surface area contributed by atoms with Crippen LogP contribution in [0.4, 0.5) is 0 Å². The highest BCUT2D eigenvalue weighted by Gasteiger charge is 2.44. The molecule has 1 rings (SSSR count). The van der Waals surface area contributed by atoms with E-state index in [1.54, 1.807) is 14.2 Å². The number of nitrogens with zero attached hydrogens (tertiary/aromatic N) is 1. The molecule has 0 saturated carbocycles. The Morgan fingerprint density at radius 2 is 2.29 bits per heavy atom. The van der Waals surface area contributed by atoms with E-state index in [0.717, 1.165) is 13.1 Å². The van der Waals surface area contributed by atoms with E-state index in [0.29, 0.717) is 0 Å². The van der Waals surface area contributed by atoms with Crippen molar-refractivity contribution in [3.8, 4) is 0 Å². The van der Waals surface area contributed by atoms with Gasteiger partial charge in [-0.2, -0.15) is 0 Å². The molecular weight excluding hydrogens is 196 g/mol. The van der Waals surface area contributed by atoms with Crippen molar-refractivity contribution >= 4 is 9.52 Å². The molecule has 1 saturated heterocycles. The SMILES string of the molecule is CC[SiH2]C1(OC)C(OC)NCCN1C. The van der Waals surface area contributed by atoms with Crippen molar-refractivity contribution < 1.29 is 9.47 Å². The lowest BCUT2D eigenvalue weighted by Crippen LogP contribution is -2.70. The van der Waals surface area contributed by atoms with Crippen LogP contribution in [0, 0.1) is 0 Å². The Morgan fingerprint density at radius 3 is 2.79 bits per heavy atom. The number of methoxy groups -OCH3 is 2. The standard InChI is InChI=1S/C9H22N2O2Si/c1-5-14-9(13-4)8(12-3)10-6-7-11(9)2/h8,10H,5-7,14H2,1-4H3. The maximum atomic E-state index is 5.74. The Labute approximate surface area is 88.8 Å². The predicted octanol–water partition coefficient (Wildman–Crippen LogP) is -0.599. The molecular formula is C9H22N2O2Si. The summed E-state index contributed by atoms with van der Waals surface area (Å²) in [5.74, 6) is 0. The summed E-state index contributed by atoms with van der Waals surface area (Å²) in [7, 11) is 5.34. The molecule has 0 aromatic carbocycles. The molecule has 0 aliphatic carbocycles. The van der Waals surface area contributed by atoms with Crippen LogP contribution in [0.5, 0.6) is 0 Å². The van der Waals surface area contributed by atoms with Crippen molar-refractivity contribution in [1.82, 2.24) is 10.2 Å². The Morgan fingerprint density at radius 1 is 1.57 bits per heavy atom. The summed E-state index contributed by atoms with van der Waals surface area (Å²) in [4.78, 5) is 2.30. The molecule has 5 heteroatoms. The zero-order valence-electron chi connectivity index (χ0n) is 9.67. The second-order valence-corrected chi connectivity index (χ2v) is 6.30. The van der Waals surface area contributed by atoms with E-state index in [4.69, 9.17) is 9.47 Å². The molecule has 0 aromatic rings. The first-order valence-electron chi connectivity index (χ1n) is 5.23. The molecule has 0 bridgehead atoms. The third-order valence-corrected chi connectivity index (χ3v) is 5.45. The number of rotatable bonds is 4. The topological polar surface area (TPSA) is 33.7 Å². The van der Waals surface area contributed by atoms with E-state index in [1.807, 2.05) is 0 Å². The van der Waals surface area contributed by atoms with Gasteiger partial charge >= 0.3 is 0 Å². The smallest absolute Gasteiger partial charge is 0.146 e. The molecule has 1 aliphatic heterocycles. The second kappa shape index (κ2) is 5.23. The molecule has 2 atom stereocenters. The van der Waals surface area contributed by atoms with Gasteiger partial charge in [0.25, 0.3) is 0 Å². The van der Waals surface area contributed by atoms with E-state index >= 15 is 0 Å². The van der Waals surface area contributed by atoms with Gasteiger partial charge in [0, 0.05) is 27.3 Å². The number of piperazine rings is 1. The van der Waals surface area contributed by atoms with Gasteiger partial charge in [-0.05, 0) is 7.05 Å². The highest BCUT2D eigenvalue weighted by Crippen LogP contribution is 2.23. The quantitative estimate of drug-likeness (QED) is 0.639. The Balaban J connectivity index is 2.81. The van der Waals surface area contributed by atoms with E-state index in [1.165, 1.54) is 6.04 Å². The number of likely N-dealkylation sites (N-methyl/N-ethyl adjacent to an activating group) is 1. The van der Waals surface area contributed by atoms with E-state index in [-0.39, 0.29) is 21.1 Å². The zero-order chi connectivity index (χ0) is 10.6. The van der Waals surface area contributed by atoms with Gasteiger partial charge in [-0.1, -0.05) is 13.0 Å². The monoisotopic (exact) mass is 218 g/mol. The van der Waals surface area contributed by atoms with Crippen molar-refractivity contribution in [2.24, 2.45) is 0 Å². The fourth-order valence-corrected chi connectivity index (χ4v) is 4.26. The highest BCUT2D eigenvalue weighted by atomic mass is 28.2. The fraction of sp³-hybridized carbons (Fsp3) is 1.00. The second-order valence-electron chi connectivity index (χ2n) is 3.79. The minimum absolute atomic E-state index is 0.0258. The third-order valence-electron chi connectivity index (χ3n) is 3.03. The van der Waals surface area contributed by atoms with Crippen LogP contribution >= 0.6 is 0 Å². The maximum Gasteiger partial charge on any atom is 0.146 e. The van der Waals surface area contributed by atoms with Crippen LogP contribution in [0.25, 0.3) is 0 Å². The Kier molecular flexibility index (Phi) is 4.53. The summed E-state index contributed by atoms with van der Waals surface area (Å²) in [5.41, 5.74) is 0. The molecule has 84 valence electrons. The molecule has 0 aromatic heterocycles. The van der Waals surface area contributed by atoms with Crippen molar-refractivity contribution in [2.75, 3.05) is 34.4 Å². The van der Waals surface area contributed by atoms with Gasteiger partial charge in [0.2, 0.25) is 0 Å². The van der Waals surface area contributed by atoms with Crippen LogP contribution in [-0.2, 0) is 9.47 Å². The molecule has 0 amide bonds. The van der Waals surface area contributed by atoms with Crippen molar-refractivity contribution in [3.63, 3.8) is 0 Å². The minimum atomic E-state index is -0.321. The summed E-state index contributed by atoms with van der Waals surface area (Å²) in [6, 6.07) is 1.22. The number of hydrogen-bond acceptors (Lipinski definition) is 4. The van der Waals surface area contributed by atoms with Gasteiger partial charge in [-0.15, -0.1) is 0 Å². The highest BCUT2D eigenvalue weighted by molar-refractivity contribution is 6.39. The van der Waals surface area contributed by atoms with Crippen molar-refractivity contribution in [3.05, 3.63) is 0 Å². The number of hydrogen-bond donors (Lipinski definition) is 1. The normalized spacial score (nSPS) is 35.6. The Bertz CT molecular complexity index is 182. The number of nitrogens with one attached hydrogen (secondary N) is 1. The summed E-state index contributed by atoms with van der Waals surface area (Å²) >= 11 is 0. The lowest BCUT2D eigenvalue weighted by atomic mass is 10.3. The zero-order valence-corrected chi connectivity index (χ0v) is 11.1. The van der Waals surface area contributed by atoms with Crippen molar-refractivity contribution in [1.29, 1.82) is 0 Å². The van der Waals surface area contributed by atoms with Crippen LogP contribution in [0.3, 0.4) is 0 Å². The minimum Gasteiger partial charge on any atom is -0.364 e. The summed E-state index contributed by atoms with van der Waals surface area (Å²) in [6.45, 7) is 4.22. The average Bonchev–Trinajstić information content (AvgIpc) is 2.21. The molecule has 4 nitrogen and oxygen atoms in total. The van der Waals surface area contributed by atoms with Gasteiger partial charge < -0.3 is 9.47 Å². The molecule has 0 spiro atoms. The first-order chi connectivity index (χ1) is 6.71. The van der Waals surface area contributed by atoms with E-state index in [9.17, 15) is 0 Å². The fourth-order valence-electron chi connectivity index (χ4n) is 2.22. The molecule has 14 heavy (non-hydrogen) atoms. The maximum absolute atomic E-state index is 5.74. The molecule has 1 heterocycles. The van der Waals surface area contributed by atoms with Crippen LogP contribution in [0.1, 0.15) is 6.92 Å². The van der Waals surface area contributed by atoms with Gasteiger partial charge in [0.15, 0.2) is 0 Å². The van der Waals surface area contributed by atoms with Crippen LogP contribution in [-0.4, -0.2) is 60.4 Å². The molecule has 1 fully saturated rings. The largest absolute Gasteiger partial charge is 0.364 e. The summed E-state index contributed by atoms with van der Waals surface area (Å²) in [5, 5.41) is 3.21. The third kappa shape index (κ3) is 2.01. The van der Waals surface area contributed by atoms with Gasteiger partial charge in [-0.25, -0.2) is 0 Å². The van der Waals surface area contributed by atoms with Crippen LogP contribution < -0.4 is 5.32 Å². The lowest BCUT2D eigenvalue weighted by Gasteiger charge is -2.49. The average molecular weight is 218 g/mol. The molecule has 1 N–H and O–H groups in total. The predicted molar refractivity (Wildman–Crippen MR) is 60.2 cm³/mol. The van der Waals surface area contributed by atoms with Crippen LogP contribution in [0.15, 0.2) is 0 Å². The first-order valence-corrected chi connectivity index (χ1v) is 6.94. The van der Waals surface area contributed by atoms with Crippen molar-refractivity contribution in [2.45, 2.75) is 24.5 Å². The first kappa shape index (κ1) is 12.1. The van der Waals surface area contributed by atoms with E-state index < -0.39 is 0 Å². The number of ether oxygens (including phenoxy) is 2. The molecule has 0 radical (unpaired) electrons. The lowest BCUT2D eigenvalue weighted by molar-refractivity contribution is -0.173. The van der Waals surface area contributed by atoms with Gasteiger partial charge in [0.1, 0.15) is 11.6 Å². The Hall–Kier alpha value is 0.0569. The van der Waals surface area contributed by atoms with Gasteiger partial charge in [-0.3, -0.25) is 10.2 Å². The van der Waals surface area contributed by atoms with Crippen LogP contribution in [0.2, 0.25) is 6.04 Å². The molecule has 2 unspecified atom stereocenters. The summed E-state index contributed by atoms with van der Waals surface area (Å²) in [6.07, 6.45) is 0.0258. The van der Waals surface area contributed by atoms with E-state index in [2.05, 4.69) is 24.2 Å².